The van der Waals surface area contributed by atoms with E-state index in [4.69, 9.17) is 16.3 Å². The minimum Gasteiger partial charge on any atom is -0.463 e. The molecule has 5 nitrogen and oxygen atoms in total. The Hall–Kier alpha value is -2.14. The molecule has 0 saturated carbocycles. The summed E-state index contributed by atoms with van der Waals surface area (Å²) in [5.74, 6) is -1.69. The van der Waals surface area contributed by atoms with E-state index in [9.17, 15) is 14.4 Å². The van der Waals surface area contributed by atoms with E-state index in [2.05, 4.69) is 0 Å². The number of anilines is 1. The summed E-state index contributed by atoms with van der Waals surface area (Å²) in [7, 11) is 0. The molecule has 0 radical (unpaired) electrons. The molecule has 0 spiro atoms. The van der Waals surface area contributed by atoms with Gasteiger partial charge in [-0.2, -0.15) is 0 Å². The maximum atomic E-state index is 11.9. The monoisotopic (exact) mass is 293 g/mol. The van der Waals surface area contributed by atoms with Crippen LogP contribution < -0.4 is 4.90 Å². The van der Waals surface area contributed by atoms with Gasteiger partial charge in [-0.3, -0.25) is 9.59 Å². The van der Waals surface area contributed by atoms with Crippen LogP contribution in [0.15, 0.2) is 30.4 Å². The van der Waals surface area contributed by atoms with Gasteiger partial charge >= 0.3 is 5.97 Å². The number of amides is 1. The van der Waals surface area contributed by atoms with Crippen LogP contribution in [0.4, 0.5) is 5.69 Å². The van der Waals surface area contributed by atoms with Gasteiger partial charge in [-0.05, 0) is 25.1 Å². The lowest BCUT2D eigenvalue weighted by molar-refractivity contribution is -0.137. The average Bonchev–Trinajstić information content (AvgIpc) is 2.63. The van der Waals surface area contributed by atoms with Gasteiger partial charge in [0.2, 0.25) is 0 Å². The van der Waals surface area contributed by atoms with Crippen molar-refractivity contribution in [2.45, 2.75) is 6.92 Å². The molecule has 0 N–H and O–H groups in total. The highest BCUT2D eigenvalue weighted by molar-refractivity contribution is 6.52. The summed E-state index contributed by atoms with van der Waals surface area (Å²) >= 11 is 5.87. The smallest absolute Gasteiger partial charge is 0.330 e. The first-order valence-electron chi connectivity index (χ1n) is 6.03. The Labute approximate surface area is 120 Å². The van der Waals surface area contributed by atoms with Crippen LogP contribution in [0, 0.1) is 0 Å². The van der Waals surface area contributed by atoms with Gasteiger partial charge in [0, 0.05) is 17.6 Å². The SMILES string of the molecule is CCOC(=O)/C=C/CN1C(=O)C(=O)c2ccc(Cl)cc21. The second-order valence-corrected chi connectivity index (χ2v) is 4.50. The summed E-state index contributed by atoms with van der Waals surface area (Å²) in [6.07, 6.45) is 2.70. The van der Waals surface area contributed by atoms with Crippen LogP contribution in [-0.4, -0.2) is 30.8 Å². The fourth-order valence-electron chi connectivity index (χ4n) is 1.89. The topological polar surface area (TPSA) is 63.7 Å². The maximum Gasteiger partial charge on any atom is 0.330 e. The molecular weight excluding hydrogens is 282 g/mol. The molecule has 2 rings (SSSR count). The molecule has 0 fully saturated rings. The van der Waals surface area contributed by atoms with Gasteiger partial charge in [-0.15, -0.1) is 0 Å². The first kappa shape index (κ1) is 14.3. The number of nitrogens with zero attached hydrogens (tertiary/aromatic N) is 1. The lowest BCUT2D eigenvalue weighted by Gasteiger charge is -2.13. The maximum absolute atomic E-state index is 11.9. The Morgan fingerprint density at radius 3 is 2.85 bits per heavy atom. The van der Waals surface area contributed by atoms with Gasteiger partial charge < -0.3 is 9.64 Å². The number of fused-ring (bicyclic) bond motifs is 1. The van der Waals surface area contributed by atoms with Gasteiger partial charge in [-0.1, -0.05) is 17.7 Å². The van der Waals surface area contributed by atoms with E-state index in [-0.39, 0.29) is 13.2 Å². The van der Waals surface area contributed by atoms with Crippen molar-refractivity contribution in [3.63, 3.8) is 0 Å². The molecule has 0 atom stereocenters. The van der Waals surface area contributed by atoms with Crippen LogP contribution >= 0.6 is 11.6 Å². The zero-order chi connectivity index (χ0) is 14.7. The van der Waals surface area contributed by atoms with E-state index in [0.717, 1.165) is 0 Å². The van der Waals surface area contributed by atoms with Crippen molar-refractivity contribution in [2.75, 3.05) is 18.1 Å². The summed E-state index contributed by atoms with van der Waals surface area (Å²) in [5, 5.41) is 0.436. The number of carbonyl (C=O) groups is 3. The lowest BCUT2D eigenvalue weighted by atomic mass is 10.1. The van der Waals surface area contributed by atoms with Gasteiger partial charge in [0.05, 0.1) is 17.9 Å². The highest BCUT2D eigenvalue weighted by Crippen LogP contribution is 2.31. The molecule has 1 aliphatic rings. The molecule has 1 aromatic rings. The molecule has 1 heterocycles. The van der Waals surface area contributed by atoms with Crippen molar-refractivity contribution < 1.29 is 19.1 Å². The fraction of sp³-hybridized carbons (Fsp3) is 0.214. The number of benzene rings is 1. The third kappa shape index (κ3) is 2.72. The van der Waals surface area contributed by atoms with E-state index in [1.54, 1.807) is 19.1 Å². The molecule has 1 aromatic carbocycles. The summed E-state index contributed by atoms with van der Waals surface area (Å²) in [5.41, 5.74) is 0.782. The average molecular weight is 294 g/mol. The van der Waals surface area contributed by atoms with Crippen molar-refractivity contribution in [1.29, 1.82) is 0 Å². The minimum absolute atomic E-state index is 0.108. The third-order valence-electron chi connectivity index (χ3n) is 2.76. The van der Waals surface area contributed by atoms with E-state index < -0.39 is 17.7 Å². The first-order chi connectivity index (χ1) is 9.54. The Morgan fingerprint density at radius 2 is 2.15 bits per heavy atom. The van der Waals surface area contributed by atoms with Gasteiger partial charge in [0.1, 0.15) is 0 Å². The van der Waals surface area contributed by atoms with Crippen LogP contribution in [0.3, 0.4) is 0 Å². The molecule has 1 amide bonds. The lowest BCUT2D eigenvalue weighted by Crippen LogP contribution is -2.29. The summed E-state index contributed by atoms with van der Waals surface area (Å²) in [4.78, 5) is 36.1. The quantitative estimate of drug-likeness (QED) is 0.484. The van der Waals surface area contributed by atoms with Gasteiger partial charge in [-0.25, -0.2) is 4.79 Å². The molecule has 0 aromatic heterocycles. The van der Waals surface area contributed by atoms with E-state index in [1.165, 1.54) is 23.1 Å². The van der Waals surface area contributed by atoms with Crippen molar-refractivity contribution in [3.8, 4) is 0 Å². The number of Topliss-reactive ketones (excluding diaryl/α,β-unsaturated/α-hetero) is 1. The number of halogens is 1. The van der Waals surface area contributed by atoms with Crippen molar-refractivity contribution >= 4 is 34.9 Å². The van der Waals surface area contributed by atoms with Crippen LogP contribution in [-0.2, 0) is 14.3 Å². The van der Waals surface area contributed by atoms with Crippen LogP contribution in [0.1, 0.15) is 17.3 Å². The van der Waals surface area contributed by atoms with Gasteiger partial charge in [0.25, 0.3) is 11.7 Å². The molecule has 20 heavy (non-hydrogen) atoms. The van der Waals surface area contributed by atoms with Crippen LogP contribution in [0.2, 0.25) is 5.02 Å². The molecule has 0 bridgehead atoms. The molecular formula is C14H12ClNO4. The minimum atomic E-state index is -0.629. The Morgan fingerprint density at radius 1 is 1.40 bits per heavy atom. The third-order valence-corrected chi connectivity index (χ3v) is 3.00. The van der Waals surface area contributed by atoms with Crippen molar-refractivity contribution in [2.24, 2.45) is 0 Å². The zero-order valence-corrected chi connectivity index (χ0v) is 11.5. The number of ketones is 1. The summed E-state index contributed by atoms with van der Waals surface area (Å²) in [6.45, 7) is 2.09. The highest BCUT2D eigenvalue weighted by Gasteiger charge is 2.35. The number of hydrogen-bond acceptors (Lipinski definition) is 4. The molecule has 0 unspecified atom stereocenters. The second kappa shape index (κ2) is 5.88. The Kier molecular flexibility index (Phi) is 4.20. The predicted octanol–water partition coefficient (Wildman–Crippen LogP) is 1.99. The summed E-state index contributed by atoms with van der Waals surface area (Å²) < 4.78 is 4.73. The van der Waals surface area contributed by atoms with E-state index >= 15 is 0 Å². The number of rotatable bonds is 4. The second-order valence-electron chi connectivity index (χ2n) is 4.06. The Balaban J connectivity index is 2.17. The predicted molar refractivity (Wildman–Crippen MR) is 73.9 cm³/mol. The van der Waals surface area contributed by atoms with Gasteiger partial charge in [0.15, 0.2) is 0 Å². The zero-order valence-electron chi connectivity index (χ0n) is 10.8. The Bertz CT molecular complexity index is 609. The standard InChI is InChI=1S/C14H12ClNO4/c1-2-20-12(17)4-3-7-16-11-8-9(15)5-6-10(11)13(18)14(16)19/h3-6,8H,2,7H2,1H3/b4-3+. The molecule has 1 aliphatic heterocycles. The fourth-order valence-corrected chi connectivity index (χ4v) is 2.06. The number of ether oxygens (including phenoxy) is 1. The van der Waals surface area contributed by atoms with Crippen LogP contribution in [0.25, 0.3) is 0 Å². The molecule has 0 aliphatic carbocycles. The normalized spacial score (nSPS) is 14.0. The molecule has 104 valence electrons. The van der Waals surface area contributed by atoms with Crippen molar-refractivity contribution in [3.05, 3.63) is 40.9 Å². The number of hydrogen-bond donors (Lipinski definition) is 0. The van der Waals surface area contributed by atoms with E-state index in [0.29, 0.717) is 16.3 Å². The summed E-state index contributed by atoms with van der Waals surface area (Å²) in [6, 6.07) is 4.63. The molecule has 0 saturated heterocycles. The molecule has 6 heteroatoms. The highest BCUT2D eigenvalue weighted by atomic mass is 35.5. The van der Waals surface area contributed by atoms with E-state index in [1.807, 2.05) is 0 Å². The number of carbonyl (C=O) groups excluding carboxylic acids is 3. The van der Waals surface area contributed by atoms with Crippen LogP contribution in [0.5, 0.6) is 0 Å². The van der Waals surface area contributed by atoms with Crippen molar-refractivity contribution in [1.82, 2.24) is 0 Å². The largest absolute Gasteiger partial charge is 0.463 e. The first-order valence-corrected chi connectivity index (χ1v) is 6.41. The number of esters is 1.